The quantitative estimate of drug-likeness (QED) is 0.878. The largest absolute Gasteiger partial charge is 0.350 e. The van der Waals surface area contributed by atoms with Crippen LogP contribution in [0.4, 0.5) is 0 Å². The standard InChI is InChI=1S/C14H17N3OS/c1-10-8-17-14(19-10)9-16-13(18)7-12(15)11-5-3-2-4-6-11/h2-6,8,12H,7,9,15H2,1H3,(H,16,18). The zero-order valence-corrected chi connectivity index (χ0v) is 11.6. The molecule has 1 aromatic heterocycles. The second-order valence-corrected chi connectivity index (χ2v) is 5.68. The van der Waals surface area contributed by atoms with Crippen LogP contribution >= 0.6 is 11.3 Å². The molecule has 0 saturated carbocycles. The predicted molar refractivity (Wildman–Crippen MR) is 76.7 cm³/mol. The van der Waals surface area contributed by atoms with Crippen LogP contribution in [0, 0.1) is 6.92 Å². The highest BCUT2D eigenvalue weighted by molar-refractivity contribution is 7.11. The Balaban J connectivity index is 1.81. The molecule has 1 unspecified atom stereocenters. The molecule has 0 radical (unpaired) electrons. The fraction of sp³-hybridized carbons (Fsp3) is 0.286. The number of carbonyl (C=O) groups excluding carboxylic acids is 1. The van der Waals surface area contributed by atoms with E-state index in [1.807, 2.05) is 43.5 Å². The average Bonchev–Trinajstić information content (AvgIpc) is 2.83. The van der Waals surface area contributed by atoms with E-state index in [-0.39, 0.29) is 18.4 Å². The molecule has 1 amide bonds. The van der Waals surface area contributed by atoms with Gasteiger partial charge < -0.3 is 11.1 Å². The van der Waals surface area contributed by atoms with Crippen LogP contribution in [0.5, 0.6) is 0 Å². The highest BCUT2D eigenvalue weighted by Crippen LogP contribution is 2.14. The van der Waals surface area contributed by atoms with Crippen molar-refractivity contribution in [3.05, 3.63) is 52.0 Å². The lowest BCUT2D eigenvalue weighted by Gasteiger charge is -2.11. The minimum absolute atomic E-state index is 0.0517. The van der Waals surface area contributed by atoms with E-state index in [1.54, 1.807) is 11.3 Å². The number of rotatable bonds is 5. The number of carbonyl (C=O) groups is 1. The van der Waals surface area contributed by atoms with E-state index in [4.69, 9.17) is 5.73 Å². The lowest BCUT2D eigenvalue weighted by atomic mass is 10.0. The van der Waals surface area contributed by atoms with Crippen LogP contribution < -0.4 is 11.1 Å². The summed E-state index contributed by atoms with van der Waals surface area (Å²) in [7, 11) is 0. The summed E-state index contributed by atoms with van der Waals surface area (Å²) < 4.78 is 0. The van der Waals surface area contributed by atoms with Crippen molar-refractivity contribution in [2.24, 2.45) is 5.73 Å². The van der Waals surface area contributed by atoms with E-state index in [1.165, 1.54) is 0 Å². The first kappa shape index (κ1) is 13.7. The van der Waals surface area contributed by atoms with E-state index >= 15 is 0 Å². The molecule has 2 aromatic rings. The molecule has 0 bridgehead atoms. The molecule has 1 atom stereocenters. The number of benzene rings is 1. The number of nitrogens with one attached hydrogen (secondary N) is 1. The number of thiazole rings is 1. The summed E-state index contributed by atoms with van der Waals surface area (Å²) in [5.41, 5.74) is 6.97. The van der Waals surface area contributed by atoms with Crippen molar-refractivity contribution in [3.63, 3.8) is 0 Å². The molecular formula is C14H17N3OS. The van der Waals surface area contributed by atoms with Crippen molar-refractivity contribution in [1.82, 2.24) is 10.3 Å². The van der Waals surface area contributed by atoms with E-state index < -0.39 is 0 Å². The molecule has 4 nitrogen and oxygen atoms in total. The molecule has 0 spiro atoms. The molecule has 5 heteroatoms. The monoisotopic (exact) mass is 275 g/mol. The number of hydrogen-bond donors (Lipinski definition) is 2. The van der Waals surface area contributed by atoms with Gasteiger partial charge in [-0.05, 0) is 12.5 Å². The van der Waals surface area contributed by atoms with Crippen LogP contribution in [-0.2, 0) is 11.3 Å². The van der Waals surface area contributed by atoms with Gasteiger partial charge in [-0.2, -0.15) is 0 Å². The highest BCUT2D eigenvalue weighted by atomic mass is 32.1. The molecule has 19 heavy (non-hydrogen) atoms. The maximum absolute atomic E-state index is 11.8. The van der Waals surface area contributed by atoms with E-state index in [0.29, 0.717) is 6.54 Å². The molecule has 0 aliphatic heterocycles. The molecule has 0 aliphatic carbocycles. The smallest absolute Gasteiger partial charge is 0.222 e. The van der Waals surface area contributed by atoms with Crippen LogP contribution in [0.1, 0.15) is 27.9 Å². The van der Waals surface area contributed by atoms with Gasteiger partial charge in [-0.25, -0.2) is 4.98 Å². The molecule has 0 fully saturated rings. The van der Waals surface area contributed by atoms with Gasteiger partial charge in [0.25, 0.3) is 0 Å². The van der Waals surface area contributed by atoms with Gasteiger partial charge in [-0.1, -0.05) is 30.3 Å². The molecule has 2 rings (SSSR count). The molecule has 1 aromatic carbocycles. The van der Waals surface area contributed by atoms with Gasteiger partial charge >= 0.3 is 0 Å². The van der Waals surface area contributed by atoms with Crippen molar-refractivity contribution in [2.45, 2.75) is 25.9 Å². The number of nitrogens with zero attached hydrogens (tertiary/aromatic N) is 1. The Bertz CT molecular complexity index is 539. The number of hydrogen-bond acceptors (Lipinski definition) is 4. The Morgan fingerprint density at radius 2 is 2.16 bits per heavy atom. The first-order valence-electron chi connectivity index (χ1n) is 6.13. The van der Waals surface area contributed by atoms with Gasteiger partial charge in [0.2, 0.25) is 5.91 Å². The first-order valence-corrected chi connectivity index (χ1v) is 6.95. The topological polar surface area (TPSA) is 68.0 Å². The fourth-order valence-corrected chi connectivity index (χ4v) is 2.47. The Hall–Kier alpha value is -1.72. The van der Waals surface area contributed by atoms with Crippen LogP contribution in [-0.4, -0.2) is 10.9 Å². The number of aryl methyl sites for hydroxylation is 1. The summed E-state index contributed by atoms with van der Waals surface area (Å²) in [5.74, 6) is -0.0517. The SMILES string of the molecule is Cc1cnc(CNC(=O)CC(N)c2ccccc2)s1. The number of amides is 1. The lowest BCUT2D eigenvalue weighted by molar-refractivity contribution is -0.121. The van der Waals surface area contributed by atoms with Crippen LogP contribution in [0.25, 0.3) is 0 Å². The van der Waals surface area contributed by atoms with Gasteiger partial charge in [0.15, 0.2) is 0 Å². The van der Waals surface area contributed by atoms with Gasteiger partial charge in [0.1, 0.15) is 5.01 Å². The minimum atomic E-state index is -0.265. The van der Waals surface area contributed by atoms with E-state index in [9.17, 15) is 4.79 Å². The molecule has 100 valence electrons. The van der Waals surface area contributed by atoms with E-state index in [2.05, 4.69) is 10.3 Å². The molecule has 1 heterocycles. The minimum Gasteiger partial charge on any atom is -0.350 e. The summed E-state index contributed by atoms with van der Waals surface area (Å²) >= 11 is 1.59. The van der Waals surface area contributed by atoms with Crippen LogP contribution in [0.3, 0.4) is 0 Å². The fourth-order valence-electron chi connectivity index (χ4n) is 1.75. The highest BCUT2D eigenvalue weighted by Gasteiger charge is 2.11. The third-order valence-corrected chi connectivity index (χ3v) is 3.65. The summed E-state index contributed by atoms with van der Waals surface area (Å²) in [5, 5.41) is 3.76. The van der Waals surface area contributed by atoms with E-state index in [0.717, 1.165) is 15.4 Å². The van der Waals surface area contributed by atoms with Gasteiger partial charge in [0.05, 0.1) is 6.54 Å². The number of aromatic nitrogens is 1. The Kier molecular flexibility index (Phi) is 4.65. The molecule has 0 aliphatic rings. The van der Waals surface area contributed by atoms with Crippen molar-refractivity contribution in [1.29, 1.82) is 0 Å². The Labute approximate surface area is 116 Å². The van der Waals surface area contributed by atoms with Gasteiger partial charge in [-0.15, -0.1) is 11.3 Å². The molecule has 3 N–H and O–H groups in total. The molecular weight excluding hydrogens is 258 g/mol. The van der Waals surface area contributed by atoms with Crippen LogP contribution in [0.15, 0.2) is 36.5 Å². The Morgan fingerprint density at radius 3 is 2.79 bits per heavy atom. The normalized spacial score (nSPS) is 12.1. The summed E-state index contributed by atoms with van der Waals surface area (Å²) in [6.07, 6.45) is 2.09. The summed E-state index contributed by atoms with van der Waals surface area (Å²) in [4.78, 5) is 17.1. The van der Waals surface area contributed by atoms with Crippen molar-refractivity contribution < 1.29 is 4.79 Å². The lowest BCUT2D eigenvalue weighted by Crippen LogP contribution is -2.27. The van der Waals surface area contributed by atoms with Crippen molar-refractivity contribution in [2.75, 3.05) is 0 Å². The summed E-state index contributed by atoms with van der Waals surface area (Å²) in [6.45, 7) is 2.47. The maximum atomic E-state index is 11.8. The van der Waals surface area contributed by atoms with Crippen molar-refractivity contribution >= 4 is 17.2 Å². The maximum Gasteiger partial charge on any atom is 0.222 e. The second-order valence-electron chi connectivity index (χ2n) is 4.36. The molecule has 0 saturated heterocycles. The predicted octanol–water partition coefficient (Wildman–Crippen LogP) is 2.16. The zero-order chi connectivity index (χ0) is 13.7. The van der Waals surface area contributed by atoms with Crippen LogP contribution in [0.2, 0.25) is 0 Å². The zero-order valence-electron chi connectivity index (χ0n) is 10.8. The number of nitrogens with two attached hydrogens (primary N) is 1. The average molecular weight is 275 g/mol. The Morgan fingerprint density at radius 1 is 1.42 bits per heavy atom. The summed E-state index contributed by atoms with van der Waals surface area (Å²) in [6, 6.07) is 9.38. The third-order valence-electron chi connectivity index (χ3n) is 2.74. The third kappa shape index (κ3) is 4.15. The first-order chi connectivity index (χ1) is 9.15. The van der Waals surface area contributed by atoms with Crippen molar-refractivity contribution in [3.8, 4) is 0 Å². The second kappa shape index (κ2) is 6.45. The van der Waals surface area contributed by atoms with Gasteiger partial charge in [-0.3, -0.25) is 4.79 Å². The van der Waals surface area contributed by atoms with Gasteiger partial charge in [0, 0.05) is 23.5 Å².